The number of carbonyl (C=O) groups excluding carboxylic acids is 1. The molecule has 1 atom stereocenters. The zero-order chi connectivity index (χ0) is 22.7. The number of ether oxygens (including phenoxy) is 2. The van der Waals surface area contributed by atoms with Crippen LogP contribution in [0, 0.1) is 0 Å². The standard InChI is InChI=1S/C24H33N5O3/c1-16(30)29-11-6-5-7-20(29)24-26-19-10-12-28(2)15-18(19)23(27-24)25-14-17-8-9-21(31-3)22(13-17)32-4/h8-9,13,20H,5-7,10-12,14-15H2,1-4H3,(H,25,26,27). The fourth-order valence-electron chi connectivity index (χ4n) is 4.62. The third-order valence-electron chi connectivity index (χ3n) is 6.38. The van der Waals surface area contributed by atoms with E-state index in [-0.39, 0.29) is 11.9 Å². The molecule has 0 aliphatic carbocycles. The summed E-state index contributed by atoms with van der Waals surface area (Å²) in [7, 11) is 5.40. The number of hydrogen-bond donors (Lipinski definition) is 1. The molecule has 8 nitrogen and oxygen atoms in total. The van der Waals surface area contributed by atoms with Gasteiger partial charge in [0.15, 0.2) is 17.3 Å². The molecule has 8 heteroatoms. The first kappa shape index (κ1) is 22.3. The Labute approximate surface area is 189 Å². The van der Waals surface area contributed by atoms with Gasteiger partial charge in [-0.2, -0.15) is 0 Å². The molecule has 1 aromatic heterocycles. The van der Waals surface area contributed by atoms with Crippen molar-refractivity contribution in [1.29, 1.82) is 0 Å². The third-order valence-corrected chi connectivity index (χ3v) is 6.38. The number of nitrogens with one attached hydrogen (secondary N) is 1. The number of fused-ring (bicyclic) bond motifs is 1. The molecule has 4 rings (SSSR count). The number of nitrogens with zero attached hydrogens (tertiary/aromatic N) is 4. The molecule has 0 spiro atoms. The van der Waals surface area contributed by atoms with Crippen molar-refractivity contribution in [2.45, 2.75) is 51.7 Å². The molecular formula is C24H33N5O3. The SMILES string of the molecule is COc1ccc(CNc2nc(C3CCCCN3C(C)=O)nc3c2CN(C)CC3)cc1OC. The highest BCUT2D eigenvalue weighted by Gasteiger charge is 2.30. The van der Waals surface area contributed by atoms with Gasteiger partial charge in [0, 0.05) is 45.1 Å². The van der Waals surface area contributed by atoms with E-state index in [0.29, 0.717) is 18.0 Å². The molecule has 2 aliphatic heterocycles. The maximum Gasteiger partial charge on any atom is 0.220 e. The van der Waals surface area contributed by atoms with Crippen LogP contribution in [0.15, 0.2) is 18.2 Å². The van der Waals surface area contributed by atoms with E-state index >= 15 is 0 Å². The molecule has 32 heavy (non-hydrogen) atoms. The summed E-state index contributed by atoms with van der Waals surface area (Å²) in [5.41, 5.74) is 3.31. The van der Waals surface area contributed by atoms with Gasteiger partial charge >= 0.3 is 0 Å². The number of likely N-dealkylation sites (N-methyl/N-ethyl adjacent to an activating group) is 1. The van der Waals surface area contributed by atoms with Gasteiger partial charge < -0.3 is 24.6 Å². The van der Waals surface area contributed by atoms with E-state index in [1.165, 1.54) is 0 Å². The van der Waals surface area contributed by atoms with Gasteiger partial charge in [0.05, 0.1) is 26.0 Å². The topological polar surface area (TPSA) is 79.8 Å². The van der Waals surface area contributed by atoms with Crippen molar-refractivity contribution in [3.8, 4) is 11.5 Å². The zero-order valence-corrected chi connectivity index (χ0v) is 19.5. The van der Waals surface area contributed by atoms with Crippen molar-refractivity contribution < 1.29 is 14.3 Å². The summed E-state index contributed by atoms with van der Waals surface area (Å²) in [5.74, 6) is 3.13. The fourth-order valence-corrected chi connectivity index (χ4v) is 4.62. The van der Waals surface area contributed by atoms with Crippen LogP contribution in [-0.4, -0.2) is 60.0 Å². The van der Waals surface area contributed by atoms with E-state index in [1.807, 2.05) is 23.1 Å². The van der Waals surface area contributed by atoms with Crippen molar-refractivity contribution in [1.82, 2.24) is 19.8 Å². The second-order valence-electron chi connectivity index (χ2n) is 8.61. The lowest BCUT2D eigenvalue weighted by Gasteiger charge is -2.35. The van der Waals surface area contributed by atoms with Gasteiger partial charge in [0.1, 0.15) is 5.82 Å². The van der Waals surface area contributed by atoms with E-state index in [9.17, 15) is 4.79 Å². The number of benzene rings is 1. The van der Waals surface area contributed by atoms with Crippen molar-refractivity contribution >= 4 is 11.7 Å². The van der Waals surface area contributed by atoms with Crippen LogP contribution in [0.5, 0.6) is 11.5 Å². The summed E-state index contributed by atoms with van der Waals surface area (Å²) in [5, 5.41) is 3.54. The molecule has 1 unspecified atom stereocenters. The molecule has 1 aromatic carbocycles. The second kappa shape index (κ2) is 9.73. The van der Waals surface area contributed by atoms with Gasteiger partial charge in [-0.3, -0.25) is 4.79 Å². The molecule has 3 heterocycles. The lowest BCUT2D eigenvalue weighted by Crippen LogP contribution is -2.38. The van der Waals surface area contributed by atoms with Crippen LogP contribution in [0.3, 0.4) is 0 Å². The Balaban J connectivity index is 1.64. The molecule has 0 bridgehead atoms. The fraction of sp³-hybridized carbons (Fsp3) is 0.542. The normalized spacial score (nSPS) is 18.8. The molecular weight excluding hydrogens is 406 g/mol. The summed E-state index contributed by atoms with van der Waals surface area (Å²) in [6.07, 6.45) is 3.93. The molecule has 1 amide bonds. The van der Waals surface area contributed by atoms with Crippen molar-refractivity contribution in [2.24, 2.45) is 0 Å². The van der Waals surface area contributed by atoms with Gasteiger partial charge in [-0.15, -0.1) is 0 Å². The number of anilines is 1. The van der Waals surface area contributed by atoms with Crippen LogP contribution in [0.1, 0.15) is 54.9 Å². The van der Waals surface area contributed by atoms with Gasteiger partial charge in [0.25, 0.3) is 0 Å². The van der Waals surface area contributed by atoms with Crippen LogP contribution in [0.2, 0.25) is 0 Å². The summed E-state index contributed by atoms with van der Waals surface area (Å²) >= 11 is 0. The predicted molar refractivity (Wildman–Crippen MR) is 123 cm³/mol. The molecule has 172 valence electrons. The Hall–Kier alpha value is -2.87. The first-order chi connectivity index (χ1) is 15.5. The van der Waals surface area contributed by atoms with Crippen LogP contribution >= 0.6 is 0 Å². The average molecular weight is 440 g/mol. The molecule has 0 saturated carbocycles. The van der Waals surface area contributed by atoms with Crippen molar-refractivity contribution in [3.05, 3.63) is 40.8 Å². The first-order valence-electron chi connectivity index (χ1n) is 11.3. The number of methoxy groups -OCH3 is 2. The largest absolute Gasteiger partial charge is 0.493 e. The van der Waals surface area contributed by atoms with Crippen molar-refractivity contribution in [2.75, 3.05) is 39.7 Å². The van der Waals surface area contributed by atoms with Gasteiger partial charge in [-0.1, -0.05) is 6.07 Å². The van der Waals surface area contributed by atoms with Gasteiger partial charge in [-0.25, -0.2) is 9.97 Å². The third kappa shape index (κ3) is 4.65. The molecule has 1 N–H and O–H groups in total. The van der Waals surface area contributed by atoms with Crippen LogP contribution in [0.4, 0.5) is 5.82 Å². The second-order valence-corrected chi connectivity index (χ2v) is 8.61. The number of likely N-dealkylation sites (tertiary alicyclic amines) is 1. The Morgan fingerprint density at radius 2 is 1.97 bits per heavy atom. The summed E-state index contributed by atoms with van der Waals surface area (Å²) in [4.78, 5) is 26.4. The Morgan fingerprint density at radius 1 is 1.16 bits per heavy atom. The Kier molecular flexibility index (Phi) is 6.79. The Morgan fingerprint density at radius 3 is 2.72 bits per heavy atom. The number of rotatable bonds is 6. The van der Waals surface area contributed by atoms with E-state index < -0.39 is 0 Å². The van der Waals surface area contributed by atoms with E-state index in [1.54, 1.807) is 21.1 Å². The average Bonchev–Trinajstić information content (AvgIpc) is 2.82. The summed E-state index contributed by atoms with van der Waals surface area (Å²) < 4.78 is 10.8. The molecule has 1 saturated heterocycles. The lowest BCUT2D eigenvalue weighted by molar-refractivity contribution is -0.132. The molecule has 1 fully saturated rings. The maximum atomic E-state index is 12.2. The van der Waals surface area contributed by atoms with Gasteiger partial charge in [-0.05, 0) is 44.0 Å². The first-order valence-corrected chi connectivity index (χ1v) is 11.3. The quantitative estimate of drug-likeness (QED) is 0.741. The minimum Gasteiger partial charge on any atom is -0.493 e. The Bertz CT molecular complexity index is 980. The highest BCUT2D eigenvalue weighted by atomic mass is 16.5. The predicted octanol–water partition coefficient (Wildman–Crippen LogP) is 3.17. The molecule has 0 radical (unpaired) electrons. The van der Waals surface area contributed by atoms with E-state index in [0.717, 1.165) is 73.8 Å². The summed E-state index contributed by atoms with van der Waals surface area (Å²) in [6, 6.07) is 5.86. The molecule has 2 aromatic rings. The van der Waals surface area contributed by atoms with Crippen LogP contribution in [0.25, 0.3) is 0 Å². The zero-order valence-electron chi connectivity index (χ0n) is 19.5. The van der Waals surface area contributed by atoms with Crippen molar-refractivity contribution in [3.63, 3.8) is 0 Å². The molecule has 2 aliphatic rings. The smallest absolute Gasteiger partial charge is 0.220 e. The minimum absolute atomic E-state index is 0.0483. The van der Waals surface area contributed by atoms with E-state index in [2.05, 4.69) is 17.3 Å². The number of piperidine rings is 1. The van der Waals surface area contributed by atoms with Crippen LogP contribution < -0.4 is 14.8 Å². The summed E-state index contributed by atoms with van der Waals surface area (Å²) in [6.45, 7) is 4.80. The highest BCUT2D eigenvalue weighted by Crippen LogP contribution is 2.33. The monoisotopic (exact) mass is 439 g/mol. The maximum absolute atomic E-state index is 12.2. The highest BCUT2D eigenvalue weighted by molar-refractivity contribution is 5.73. The minimum atomic E-state index is -0.0483. The van der Waals surface area contributed by atoms with Gasteiger partial charge in [0.2, 0.25) is 5.91 Å². The van der Waals surface area contributed by atoms with Crippen LogP contribution in [-0.2, 0) is 24.3 Å². The number of hydrogen-bond acceptors (Lipinski definition) is 7. The lowest BCUT2D eigenvalue weighted by atomic mass is 10.00. The number of aromatic nitrogens is 2. The number of amides is 1. The number of carbonyl (C=O) groups is 1. The van der Waals surface area contributed by atoms with E-state index in [4.69, 9.17) is 19.4 Å².